The Kier molecular flexibility index (Phi) is 3.57. The van der Waals surface area contributed by atoms with Crippen LogP contribution in [0.3, 0.4) is 0 Å². The molecule has 0 atom stereocenters. The quantitative estimate of drug-likeness (QED) is 0.313. The largest absolute Gasteiger partial charge is 0.491 e. The average Bonchev–Trinajstić information content (AvgIpc) is 3.05. The number of hydrogen-bond acceptors (Lipinski definition) is 3. The van der Waals surface area contributed by atoms with Crippen LogP contribution in [0.5, 0.6) is 5.75 Å². The Bertz CT molecular complexity index is 1280. The minimum absolute atomic E-state index is 0.754. The Morgan fingerprint density at radius 1 is 0.862 bits per heavy atom. The molecule has 0 saturated carbocycles. The van der Waals surface area contributed by atoms with Crippen LogP contribution in [0, 0.1) is 6.92 Å². The van der Waals surface area contributed by atoms with Gasteiger partial charge >= 0.3 is 0 Å². The number of anilines is 3. The number of benzene rings is 3. The van der Waals surface area contributed by atoms with E-state index >= 15 is 0 Å². The number of para-hydroxylation sites is 2. The third kappa shape index (κ3) is 2.44. The molecule has 6 rings (SSSR count). The first kappa shape index (κ1) is 16.5. The second-order valence-corrected chi connectivity index (χ2v) is 7.71. The summed E-state index contributed by atoms with van der Waals surface area (Å²) in [7, 11) is 0. The summed E-state index contributed by atoms with van der Waals surface area (Å²) in [5.41, 5.74) is 7.89. The molecule has 1 aromatic heterocycles. The van der Waals surface area contributed by atoms with E-state index in [1.165, 1.54) is 11.1 Å². The molecule has 3 nitrogen and oxygen atoms in total. The van der Waals surface area contributed by atoms with Crippen LogP contribution < -0.4 is 9.64 Å². The van der Waals surface area contributed by atoms with Gasteiger partial charge in [0.15, 0.2) is 0 Å². The molecule has 142 valence electrons. The molecule has 0 fully saturated rings. The summed E-state index contributed by atoms with van der Waals surface area (Å²) in [4.78, 5) is 2.23. The summed E-state index contributed by atoms with van der Waals surface area (Å²) in [5.74, 6) is 1.83. The first-order valence-electron chi connectivity index (χ1n) is 10.2. The molecule has 0 saturated heterocycles. The van der Waals surface area contributed by atoms with Crippen LogP contribution in [0.2, 0.25) is 0 Å². The molecule has 0 N–H and O–H groups in total. The van der Waals surface area contributed by atoms with E-state index in [9.17, 15) is 0 Å². The molecular weight excluding hydrogens is 358 g/mol. The van der Waals surface area contributed by atoms with E-state index in [0.717, 1.165) is 64.6 Å². The van der Waals surface area contributed by atoms with Crippen LogP contribution in [-0.2, 0) is 6.42 Å². The maximum atomic E-state index is 6.43. The zero-order chi connectivity index (χ0) is 19.4. The van der Waals surface area contributed by atoms with Crippen molar-refractivity contribution in [2.75, 3.05) is 11.5 Å². The van der Waals surface area contributed by atoms with E-state index in [-0.39, 0.29) is 0 Å². The highest BCUT2D eigenvalue weighted by atomic mass is 16.5. The van der Waals surface area contributed by atoms with Crippen molar-refractivity contribution in [1.29, 1.82) is 0 Å². The normalized spacial score (nSPS) is 14.7. The molecule has 4 aromatic rings. The molecule has 3 heteroatoms. The van der Waals surface area contributed by atoms with Crippen LogP contribution in [0.25, 0.3) is 23.1 Å². The predicted octanol–water partition coefficient (Wildman–Crippen LogP) is 7.02. The second-order valence-electron chi connectivity index (χ2n) is 7.71. The van der Waals surface area contributed by atoms with Gasteiger partial charge in [0.1, 0.15) is 11.3 Å². The fourth-order valence-corrected chi connectivity index (χ4v) is 4.52. The van der Waals surface area contributed by atoms with Gasteiger partial charge in [0.25, 0.3) is 0 Å². The Balaban J connectivity index is 1.69. The van der Waals surface area contributed by atoms with Gasteiger partial charge in [-0.15, -0.1) is 0 Å². The highest BCUT2D eigenvalue weighted by Gasteiger charge is 2.29. The predicted molar refractivity (Wildman–Crippen MR) is 118 cm³/mol. The average molecular weight is 379 g/mol. The van der Waals surface area contributed by atoms with E-state index in [2.05, 4.69) is 72.5 Å². The Morgan fingerprint density at radius 3 is 2.69 bits per heavy atom. The number of nitrogens with zero attached hydrogens (tertiary/aromatic N) is 1. The molecule has 0 amide bonds. The zero-order valence-electron chi connectivity index (χ0n) is 16.3. The Morgan fingerprint density at radius 2 is 1.72 bits per heavy atom. The van der Waals surface area contributed by atoms with Gasteiger partial charge in [0, 0.05) is 10.9 Å². The third-order valence-electron chi connectivity index (χ3n) is 5.96. The molecule has 2 aliphatic rings. The smallest absolute Gasteiger partial charge is 0.213 e. The first-order chi connectivity index (χ1) is 14.3. The highest BCUT2D eigenvalue weighted by molar-refractivity contribution is 6.02. The lowest BCUT2D eigenvalue weighted by atomic mass is 9.99. The SMILES string of the molecule is Cc1ccc(N2c3ccccc3C=Cc3c2oc2ccccc32)c2c1CCCO2. The van der Waals surface area contributed by atoms with Crippen molar-refractivity contribution in [2.24, 2.45) is 0 Å². The van der Waals surface area contributed by atoms with Gasteiger partial charge in [-0.1, -0.05) is 48.5 Å². The highest BCUT2D eigenvalue weighted by Crippen LogP contribution is 2.50. The Labute approximate surface area is 169 Å². The minimum atomic E-state index is 0.754. The first-order valence-corrected chi connectivity index (χ1v) is 10.2. The lowest BCUT2D eigenvalue weighted by Crippen LogP contribution is -2.17. The van der Waals surface area contributed by atoms with Crippen molar-refractivity contribution in [1.82, 2.24) is 0 Å². The van der Waals surface area contributed by atoms with Crippen molar-refractivity contribution in [3.8, 4) is 5.75 Å². The standard InChI is InChI=1S/C26H21NO2/c1-17-12-15-23(25-19(17)9-6-16-28-25)27-22-10-4-2-7-18(22)13-14-21-20-8-3-5-11-24(20)29-26(21)27/h2-5,7-8,10-15H,6,9,16H2,1H3. The summed E-state index contributed by atoms with van der Waals surface area (Å²) in [6, 6.07) is 21.0. The lowest BCUT2D eigenvalue weighted by molar-refractivity contribution is 0.289. The van der Waals surface area contributed by atoms with Gasteiger partial charge in [-0.05, 0) is 60.7 Å². The summed E-state index contributed by atoms with van der Waals surface area (Å²) < 4.78 is 12.7. The topological polar surface area (TPSA) is 25.6 Å². The number of aryl methyl sites for hydroxylation is 1. The van der Waals surface area contributed by atoms with Crippen LogP contribution in [0.15, 0.2) is 65.1 Å². The maximum absolute atomic E-state index is 6.43. The van der Waals surface area contributed by atoms with Crippen molar-refractivity contribution >= 4 is 40.4 Å². The molecule has 3 aromatic carbocycles. The molecule has 0 aliphatic carbocycles. The monoisotopic (exact) mass is 379 g/mol. The molecule has 3 heterocycles. The van der Waals surface area contributed by atoms with Gasteiger partial charge in [-0.25, -0.2) is 0 Å². The molecular formula is C26H21NO2. The van der Waals surface area contributed by atoms with E-state index in [0.29, 0.717) is 0 Å². The maximum Gasteiger partial charge on any atom is 0.213 e. The van der Waals surface area contributed by atoms with E-state index < -0.39 is 0 Å². The summed E-state index contributed by atoms with van der Waals surface area (Å²) in [5, 5.41) is 1.12. The van der Waals surface area contributed by atoms with Gasteiger partial charge in [0.2, 0.25) is 5.88 Å². The van der Waals surface area contributed by atoms with Gasteiger partial charge in [-0.3, -0.25) is 4.90 Å². The van der Waals surface area contributed by atoms with Gasteiger partial charge < -0.3 is 9.15 Å². The molecule has 0 radical (unpaired) electrons. The second kappa shape index (κ2) is 6.28. The number of hydrogen-bond donors (Lipinski definition) is 0. The van der Waals surface area contributed by atoms with Crippen LogP contribution >= 0.6 is 0 Å². The van der Waals surface area contributed by atoms with Gasteiger partial charge in [0.05, 0.1) is 18.0 Å². The van der Waals surface area contributed by atoms with Crippen molar-refractivity contribution in [2.45, 2.75) is 19.8 Å². The van der Waals surface area contributed by atoms with Gasteiger partial charge in [-0.2, -0.15) is 0 Å². The third-order valence-corrected chi connectivity index (χ3v) is 5.96. The van der Waals surface area contributed by atoms with Crippen LogP contribution in [0.4, 0.5) is 17.3 Å². The molecule has 2 aliphatic heterocycles. The minimum Gasteiger partial charge on any atom is -0.491 e. The zero-order valence-corrected chi connectivity index (χ0v) is 16.3. The number of rotatable bonds is 1. The van der Waals surface area contributed by atoms with E-state index in [1.807, 2.05) is 12.1 Å². The molecule has 0 spiro atoms. The molecule has 0 bridgehead atoms. The fourth-order valence-electron chi connectivity index (χ4n) is 4.52. The van der Waals surface area contributed by atoms with Crippen molar-refractivity contribution < 1.29 is 9.15 Å². The lowest BCUT2D eigenvalue weighted by Gasteiger charge is -2.29. The number of fused-ring (bicyclic) bond motifs is 5. The van der Waals surface area contributed by atoms with Crippen molar-refractivity contribution in [3.05, 3.63) is 82.9 Å². The molecule has 0 unspecified atom stereocenters. The summed E-state index contributed by atoms with van der Waals surface area (Å²) >= 11 is 0. The van der Waals surface area contributed by atoms with E-state index in [4.69, 9.17) is 9.15 Å². The molecule has 29 heavy (non-hydrogen) atoms. The van der Waals surface area contributed by atoms with Crippen LogP contribution in [-0.4, -0.2) is 6.61 Å². The summed E-state index contributed by atoms with van der Waals surface area (Å²) in [6.45, 7) is 2.92. The number of furan rings is 1. The number of ether oxygens (including phenoxy) is 1. The Hall–Kier alpha value is -3.46. The van der Waals surface area contributed by atoms with Crippen molar-refractivity contribution in [3.63, 3.8) is 0 Å². The summed E-state index contributed by atoms with van der Waals surface area (Å²) in [6.07, 6.45) is 6.46. The fraction of sp³-hybridized carbons (Fsp3) is 0.154. The van der Waals surface area contributed by atoms with Crippen LogP contribution in [0.1, 0.15) is 28.7 Å². The van der Waals surface area contributed by atoms with E-state index in [1.54, 1.807) is 0 Å².